The minimum absolute atomic E-state index is 0.929. The third-order valence-electron chi connectivity index (χ3n) is 6.14. The van der Waals surface area contributed by atoms with E-state index in [2.05, 4.69) is 66.7 Å². The average Bonchev–Trinajstić information content (AvgIpc) is 3.17. The van der Waals surface area contributed by atoms with Crippen molar-refractivity contribution in [3.05, 3.63) is 90.1 Å². The number of hydrogen-bond acceptors (Lipinski definition) is 2. The van der Waals surface area contributed by atoms with Crippen LogP contribution in [0.15, 0.2) is 83.4 Å². The first-order valence-electron chi connectivity index (χ1n) is 10.4. The summed E-state index contributed by atoms with van der Waals surface area (Å²) >= 11 is 0. The Morgan fingerprint density at radius 1 is 0.724 bits per heavy atom. The molecule has 0 spiro atoms. The lowest BCUT2D eigenvalue weighted by atomic mass is 9.89. The molecule has 1 aliphatic rings. The molecule has 0 fully saturated rings. The predicted molar refractivity (Wildman–Crippen MR) is 119 cm³/mol. The summed E-state index contributed by atoms with van der Waals surface area (Å²) in [5.74, 6) is 0. The lowest BCUT2D eigenvalue weighted by Crippen LogP contribution is -2.05. The van der Waals surface area contributed by atoms with Crippen molar-refractivity contribution in [1.29, 1.82) is 0 Å². The molecule has 140 valence electrons. The van der Waals surface area contributed by atoms with Gasteiger partial charge >= 0.3 is 0 Å². The number of aromatic nitrogens is 1. The number of hydrogen-bond donors (Lipinski definition) is 0. The van der Waals surface area contributed by atoms with Crippen molar-refractivity contribution in [3.63, 3.8) is 0 Å². The van der Waals surface area contributed by atoms with Crippen molar-refractivity contribution < 1.29 is 4.42 Å². The molecule has 0 saturated carbocycles. The van der Waals surface area contributed by atoms with E-state index in [1.54, 1.807) is 0 Å². The molecule has 0 N–H and O–H groups in total. The Morgan fingerprint density at radius 2 is 1.62 bits per heavy atom. The quantitative estimate of drug-likeness (QED) is 0.326. The van der Waals surface area contributed by atoms with Crippen molar-refractivity contribution in [3.8, 4) is 22.4 Å². The zero-order valence-corrected chi connectivity index (χ0v) is 16.2. The van der Waals surface area contributed by atoms with Crippen LogP contribution in [0, 0.1) is 0 Å². The molecule has 0 aliphatic heterocycles. The third-order valence-corrected chi connectivity index (χ3v) is 6.14. The summed E-state index contributed by atoms with van der Waals surface area (Å²) in [7, 11) is 0. The second kappa shape index (κ2) is 6.59. The minimum Gasteiger partial charge on any atom is -0.455 e. The SMILES string of the molecule is c1ccc(-c2ccc3c(c2)oc2c(-c4nccc5c4CCCC5)cccc23)cc1. The van der Waals surface area contributed by atoms with E-state index >= 15 is 0 Å². The Bertz CT molecular complexity index is 1350. The number of fused-ring (bicyclic) bond motifs is 4. The number of nitrogens with zero attached hydrogens (tertiary/aromatic N) is 1. The lowest BCUT2D eigenvalue weighted by molar-refractivity contribution is 0.668. The largest absolute Gasteiger partial charge is 0.455 e. The molecule has 0 saturated heterocycles. The van der Waals surface area contributed by atoms with Gasteiger partial charge in [0.25, 0.3) is 0 Å². The summed E-state index contributed by atoms with van der Waals surface area (Å²) in [6, 6.07) is 25.6. The predicted octanol–water partition coefficient (Wildman–Crippen LogP) is 7.19. The van der Waals surface area contributed by atoms with Crippen LogP contribution in [0.1, 0.15) is 24.0 Å². The molecular weight excluding hydrogens is 354 g/mol. The van der Waals surface area contributed by atoms with Gasteiger partial charge in [-0.2, -0.15) is 0 Å². The van der Waals surface area contributed by atoms with Crippen molar-refractivity contribution in [1.82, 2.24) is 4.98 Å². The van der Waals surface area contributed by atoms with Gasteiger partial charge in [-0.15, -0.1) is 0 Å². The van der Waals surface area contributed by atoms with Gasteiger partial charge < -0.3 is 4.42 Å². The maximum absolute atomic E-state index is 6.45. The Labute approximate surface area is 169 Å². The van der Waals surface area contributed by atoms with E-state index < -0.39 is 0 Å². The molecule has 2 nitrogen and oxygen atoms in total. The number of benzene rings is 3. The first-order chi connectivity index (χ1) is 14.4. The van der Waals surface area contributed by atoms with E-state index in [-0.39, 0.29) is 0 Å². The number of para-hydroxylation sites is 1. The maximum atomic E-state index is 6.45. The van der Waals surface area contributed by atoms with Crippen LogP contribution in [0.5, 0.6) is 0 Å². The monoisotopic (exact) mass is 375 g/mol. The van der Waals surface area contributed by atoms with Crippen LogP contribution >= 0.6 is 0 Å². The van der Waals surface area contributed by atoms with Gasteiger partial charge in [0.2, 0.25) is 0 Å². The molecule has 0 amide bonds. The van der Waals surface area contributed by atoms with Crippen LogP contribution in [-0.2, 0) is 12.8 Å². The maximum Gasteiger partial charge on any atom is 0.144 e. The van der Waals surface area contributed by atoms with E-state index in [0.717, 1.165) is 46.0 Å². The highest BCUT2D eigenvalue weighted by Crippen LogP contribution is 2.39. The lowest BCUT2D eigenvalue weighted by Gasteiger charge is -2.18. The van der Waals surface area contributed by atoms with E-state index in [1.807, 2.05) is 12.3 Å². The van der Waals surface area contributed by atoms with Crippen LogP contribution in [0.2, 0.25) is 0 Å². The summed E-state index contributed by atoms with van der Waals surface area (Å²) in [5, 5.41) is 2.32. The molecule has 6 rings (SSSR count). The van der Waals surface area contributed by atoms with Gasteiger partial charge in [0, 0.05) is 22.5 Å². The Hall–Kier alpha value is -3.39. The Morgan fingerprint density at radius 3 is 2.55 bits per heavy atom. The summed E-state index contributed by atoms with van der Waals surface area (Å²) < 4.78 is 6.45. The van der Waals surface area contributed by atoms with Gasteiger partial charge in [0.15, 0.2) is 0 Å². The van der Waals surface area contributed by atoms with Gasteiger partial charge in [0.05, 0.1) is 5.69 Å². The Kier molecular flexibility index (Phi) is 3.76. The molecule has 3 aromatic carbocycles. The highest BCUT2D eigenvalue weighted by Gasteiger charge is 2.19. The number of aryl methyl sites for hydroxylation is 1. The fraction of sp³-hybridized carbons (Fsp3) is 0.148. The Balaban J connectivity index is 1.58. The van der Waals surface area contributed by atoms with Gasteiger partial charge in [0.1, 0.15) is 11.2 Å². The second-order valence-electron chi connectivity index (χ2n) is 7.87. The van der Waals surface area contributed by atoms with Crippen LogP contribution in [0.3, 0.4) is 0 Å². The zero-order valence-electron chi connectivity index (χ0n) is 16.2. The zero-order chi connectivity index (χ0) is 19.2. The molecule has 0 atom stereocenters. The molecule has 2 heterocycles. The normalized spacial score (nSPS) is 13.7. The van der Waals surface area contributed by atoms with Crippen LogP contribution in [-0.4, -0.2) is 4.98 Å². The molecule has 0 unspecified atom stereocenters. The molecule has 0 bridgehead atoms. The summed E-state index contributed by atoms with van der Waals surface area (Å²) in [4.78, 5) is 4.79. The van der Waals surface area contributed by atoms with E-state index in [0.29, 0.717) is 0 Å². The van der Waals surface area contributed by atoms with E-state index in [9.17, 15) is 0 Å². The van der Waals surface area contributed by atoms with Crippen LogP contribution in [0.4, 0.5) is 0 Å². The smallest absolute Gasteiger partial charge is 0.144 e. The minimum atomic E-state index is 0.929. The van der Waals surface area contributed by atoms with Gasteiger partial charge in [-0.1, -0.05) is 48.5 Å². The number of rotatable bonds is 2. The average molecular weight is 375 g/mol. The fourth-order valence-corrected chi connectivity index (χ4v) is 4.69. The van der Waals surface area contributed by atoms with Crippen molar-refractivity contribution in [2.75, 3.05) is 0 Å². The second-order valence-corrected chi connectivity index (χ2v) is 7.87. The topological polar surface area (TPSA) is 26.0 Å². The number of furan rings is 1. The summed E-state index contributed by atoms with van der Waals surface area (Å²) in [6.45, 7) is 0. The molecule has 2 aromatic heterocycles. The van der Waals surface area contributed by atoms with Crippen molar-refractivity contribution >= 4 is 21.9 Å². The highest BCUT2D eigenvalue weighted by atomic mass is 16.3. The van der Waals surface area contributed by atoms with Gasteiger partial charge in [-0.3, -0.25) is 4.98 Å². The van der Waals surface area contributed by atoms with Crippen molar-refractivity contribution in [2.24, 2.45) is 0 Å². The third kappa shape index (κ3) is 2.67. The molecular formula is C27H21NO. The van der Waals surface area contributed by atoms with E-state index in [1.165, 1.54) is 35.1 Å². The fourth-order valence-electron chi connectivity index (χ4n) is 4.69. The molecule has 5 aromatic rings. The molecule has 29 heavy (non-hydrogen) atoms. The van der Waals surface area contributed by atoms with Gasteiger partial charge in [-0.25, -0.2) is 0 Å². The van der Waals surface area contributed by atoms with Gasteiger partial charge in [-0.05, 0) is 72.2 Å². The molecule has 2 heteroatoms. The van der Waals surface area contributed by atoms with Crippen LogP contribution in [0.25, 0.3) is 44.3 Å². The first-order valence-corrected chi connectivity index (χ1v) is 10.4. The van der Waals surface area contributed by atoms with E-state index in [4.69, 9.17) is 9.40 Å². The standard InChI is InChI=1S/C27H21NO/c1-2-7-18(8-3-1)20-13-14-22-23-11-6-12-24(27(23)29-25(22)17-20)26-21-10-5-4-9-19(21)15-16-28-26/h1-3,6-8,11-17H,4-5,9-10H2. The molecule has 0 radical (unpaired) electrons. The van der Waals surface area contributed by atoms with Crippen molar-refractivity contribution in [2.45, 2.75) is 25.7 Å². The summed E-state index contributed by atoms with van der Waals surface area (Å²) in [6.07, 6.45) is 6.72. The first kappa shape index (κ1) is 16.6. The molecule has 1 aliphatic carbocycles. The number of pyridine rings is 1. The summed E-state index contributed by atoms with van der Waals surface area (Å²) in [5.41, 5.74) is 9.30. The van der Waals surface area contributed by atoms with Crippen LogP contribution < -0.4 is 0 Å². The highest BCUT2D eigenvalue weighted by molar-refractivity contribution is 6.10.